The Morgan fingerprint density at radius 2 is 1.88 bits per heavy atom. The van der Waals surface area contributed by atoms with E-state index in [1.807, 2.05) is 0 Å². The van der Waals surface area contributed by atoms with Crippen LogP contribution in [-0.4, -0.2) is 34.1 Å². The number of hydrogen-bond donors (Lipinski definition) is 2. The van der Waals surface area contributed by atoms with Crippen molar-refractivity contribution in [3.63, 3.8) is 0 Å². The highest BCUT2D eigenvalue weighted by atomic mass is 32.2. The van der Waals surface area contributed by atoms with Crippen LogP contribution >= 0.6 is 0 Å². The topological polar surface area (TPSA) is 78.5 Å². The minimum atomic E-state index is -3.95. The Balaban J connectivity index is 1.62. The van der Waals surface area contributed by atoms with Crippen LogP contribution in [-0.2, 0) is 10.0 Å². The fourth-order valence-electron chi connectivity index (χ4n) is 2.46. The average molecular weight is 373 g/mol. The van der Waals surface area contributed by atoms with Crippen molar-refractivity contribution in [3.05, 3.63) is 59.9 Å². The van der Waals surface area contributed by atoms with Gasteiger partial charge in [0.05, 0.1) is 6.54 Å². The van der Waals surface area contributed by atoms with E-state index in [4.69, 9.17) is 0 Å². The Hall–Kier alpha value is -2.89. The van der Waals surface area contributed by atoms with E-state index in [9.17, 15) is 17.6 Å². The van der Waals surface area contributed by atoms with Gasteiger partial charge in [0, 0.05) is 24.3 Å². The van der Waals surface area contributed by atoms with E-state index in [1.54, 1.807) is 29.2 Å². The fraction of sp³-hybridized carbons (Fsp3) is 0.167. The van der Waals surface area contributed by atoms with Crippen molar-refractivity contribution in [2.24, 2.45) is 0 Å². The number of rotatable bonds is 4. The zero-order valence-corrected chi connectivity index (χ0v) is 14.5. The lowest BCUT2D eigenvalue weighted by Crippen LogP contribution is -2.27. The van der Waals surface area contributed by atoms with Gasteiger partial charge in [-0.2, -0.15) is 4.72 Å². The summed E-state index contributed by atoms with van der Waals surface area (Å²) < 4.78 is 39.9. The molecule has 26 heavy (non-hydrogen) atoms. The summed E-state index contributed by atoms with van der Waals surface area (Å²) in [5, 5.41) is 2.72. The Kier molecular flexibility index (Phi) is 5.21. The SMILES string of the molecule is O=C1NCCN1c1ccc(C#CCNS(=O)(=O)c2ccccc2F)cc1. The third-order valence-corrected chi connectivity index (χ3v) is 5.18. The second-order valence-corrected chi connectivity index (χ2v) is 7.22. The van der Waals surface area contributed by atoms with Crippen molar-refractivity contribution in [3.8, 4) is 11.8 Å². The van der Waals surface area contributed by atoms with Crippen LogP contribution in [0.25, 0.3) is 0 Å². The molecular formula is C18H16FN3O3S. The fourth-order valence-corrected chi connectivity index (χ4v) is 3.46. The van der Waals surface area contributed by atoms with Crippen molar-refractivity contribution in [2.75, 3.05) is 24.5 Å². The number of anilines is 1. The summed E-state index contributed by atoms with van der Waals surface area (Å²) in [5.74, 6) is 4.70. The first-order valence-corrected chi connectivity index (χ1v) is 9.34. The Morgan fingerprint density at radius 1 is 1.15 bits per heavy atom. The molecule has 2 N–H and O–H groups in total. The number of urea groups is 1. The summed E-state index contributed by atoms with van der Waals surface area (Å²) in [4.78, 5) is 12.8. The summed E-state index contributed by atoms with van der Waals surface area (Å²) in [7, 11) is -3.95. The minimum absolute atomic E-state index is 0.133. The maximum atomic E-state index is 13.6. The number of sulfonamides is 1. The van der Waals surface area contributed by atoms with Gasteiger partial charge in [-0.05, 0) is 36.4 Å². The van der Waals surface area contributed by atoms with Crippen molar-refractivity contribution in [1.82, 2.24) is 10.0 Å². The van der Waals surface area contributed by atoms with Gasteiger partial charge in [0.25, 0.3) is 0 Å². The lowest BCUT2D eigenvalue weighted by Gasteiger charge is -2.13. The average Bonchev–Trinajstić information content (AvgIpc) is 3.05. The molecule has 0 radical (unpaired) electrons. The number of amides is 2. The summed E-state index contributed by atoms with van der Waals surface area (Å²) in [6, 6.07) is 12.1. The molecule has 0 aromatic heterocycles. The third kappa shape index (κ3) is 4.02. The van der Waals surface area contributed by atoms with Crippen LogP contribution in [0.1, 0.15) is 5.56 Å². The zero-order valence-electron chi connectivity index (χ0n) is 13.7. The molecule has 6 nitrogen and oxygen atoms in total. The highest BCUT2D eigenvalue weighted by molar-refractivity contribution is 7.89. The maximum Gasteiger partial charge on any atom is 0.321 e. The van der Waals surface area contributed by atoms with Crippen LogP contribution in [0.4, 0.5) is 14.9 Å². The monoisotopic (exact) mass is 373 g/mol. The van der Waals surface area contributed by atoms with Crippen molar-refractivity contribution in [1.29, 1.82) is 0 Å². The van der Waals surface area contributed by atoms with Gasteiger partial charge in [-0.15, -0.1) is 0 Å². The molecule has 1 heterocycles. The lowest BCUT2D eigenvalue weighted by atomic mass is 10.2. The Morgan fingerprint density at radius 3 is 2.54 bits per heavy atom. The molecule has 0 aliphatic carbocycles. The molecule has 0 spiro atoms. The van der Waals surface area contributed by atoms with Gasteiger partial charge in [0.2, 0.25) is 10.0 Å². The number of carbonyl (C=O) groups excluding carboxylic acids is 1. The second-order valence-electron chi connectivity index (χ2n) is 5.49. The summed E-state index contributed by atoms with van der Waals surface area (Å²) >= 11 is 0. The summed E-state index contributed by atoms with van der Waals surface area (Å²) in [5.41, 5.74) is 1.45. The van der Waals surface area contributed by atoms with Gasteiger partial charge in [-0.25, -0.2) is 17.6 Å². The molecule has 8 heteroatoms. The number of carbonyl (C=O) groups is 1. The number of benzene rings is 2. The van der Waals surface area contributed by atoms with Crippen molar-refractivity contribution in [2.45, 2.75) is 4.90 Å². The van der Waals surface area contributed by atoms with Gasteiger partial charge in [-0.1, -0.05) is 24.0 Å². The van der Waals surface area contributed by atoms with E-state index in [0.29, 0.717) is 18.7 Å². The van der Waals surface area contributed by atoms with E-state index in [2.05, 4.69) is 21.9 Å². The highest BCUT2D eigenvalue weighted by Crippen LogP contribution is 2.17. The summed E-state index contributed by atoms with van der Waals surface area (Å²) in [6.45, 7) is 1.08. The van der Waals surface area contributed by atoms with Crippen molar-refractivity contribution >= 4 is 21.7 Å². The van der Waals surface area contributed by atoms with Gasteiger partial charge < -0.3 is 5.32 Å². The van der Waals surface area contributed by atoms with Crippen LogP contribution in [0.3, 0.4) is 0 Å². The smallest absolute Gasteiger partial charge is 0.321 e. The molecule has 3 rings (SSSR count). The van der Waals surface area contributed by atoms with Crippen LogP contribution in [0.2, 0.25) is 0 Å². The highest BCUT2D eigenvalue weighted by Gasteiger charge is 2.20. The normalized spacial score (nSPS) is 13.9. The Bertz CT molecular complexity index is 979. The molecule has 134 valence electrons. The number of nitrogens with zero attached hydrogens (tertiary/aromatic N) is 1. The molecule has 2 amide bonds. The third-order valence-electron chi connectivity index (χ3n) is 3.75. The number of nitrogens with one attached hydrogen (secondary N) is 2. The lowest BCUT2D eigenvalue weighted by molar-refractivity contribution is 0.252. The van der Waals surface area contributed by atoms with E-state index < -0.39 is 20.7 Å². The predicted octanol–water partition coefficient (Wildman–Crippen LogP) is 1.69. The number of halogens is 1. The quantitative estimate of drug-likeness (QED) is 0.801. The molecule has 1 aliphatic heterocycles. The van der Waals surface area contributed by atoms with Gasteiger partial charge in [0.15, 0.2) is 0 Å². The molecule has 0 saturated carbocycles. The van der Waals surface area contributed by atoms with E-state index in [1.165, 1.54) is 18.2 Å². The van der Waals surface area contributed by atoms with Crippen LogP contribution in [0.15, 0.2) is 53.4 Å². The first-order valence-electron chi connectivity index (χ1n) is 7.86. The van der Waals surface area contributed by atoms with E-state index in [0.717, 1.165) is 11.8 Å². The van der Waals surface area contributed by atoms with Crippen molar-refractivity contribution < 1.29 is 17.6 Å². The maximum absolute atomic E-state index is 13.6. The second kappa shape index (κ2) is 7.56. The van der Waals surface area contributed by atoms with Crippen LogP contribution in [0, 0.1) is 17.7 Å². The molecule has 1 aliphatic rings. The van der Waals surface area contributed by atoms with Gasteiger partial charge in [0.1, 0.15) is 10.7 Å². The predicted molar refractivity (Wildman–Crippen MR) is 95.7 cm³/mol. The molecular weight excluding hydrogens is 357 g/mol. The molecule has 0 atom stereocenters. The summed E-state index contributed by atoms with van der Waals surface area (Å²) in [6.07, 6.45) is 0. The van der Waals surface area contributed by atoms with Crippen LogP contribution in [0.5, 0.6) is 0 Å². The molecule has 2 aromatic carbocycles. The first-order chi connectivity index (χ1) is 12.5. The minimum Gasteiger partial charge on any atom is -0.336 e. The Labute approximate surface area is 151 Å². The van der Waals surface area contributed by atoms with Gasteiger partial charge >= 0.3 is 6.03 Å². The molecule has 0 bridgehead atoms. The molecule has 1 fully saturated rings. The van der Waals surface area contributed by atoms with E-state index in [-0.39, 0.29) is 12.6 Å². The zero-order chi connectivity index (χ0) is 18.6. The molecule has 2 aromatic rings. The molecule has 1 saturated heterocycles. The first kappa shape index (κ1) is 17.9. The van der Waals surface area contributed by atoms with Gasteiger partial charge in [-0.3, -0.25) is 4.90 Å². The van der Waals surface area contributed by atoms with E-state index >= 15 is 0 Å². The van der Waals surface area contributed by atoms with Crippen LogP contribution < -0.4 is 14.9 Å². The largest absolute Gasteiger partial charge is 0.336 e. The number of hydrogen-bond acceptors (Lipinski definition) is 3. The standard InChI is InChI=1S/C18H16FN3O3S/c19-16-5-1-2-6-17(16)26(24,25)21-11-3-4-14-7-9-15(10-8-14)22-13-12-20-18(22)23/h1-2,5-10,21H,11-13H2,(H,20,23). The molecule has 0 unspecified atom stereocenters.